The summed E-state index contributed by atoms with van der Waals surface area (Å²) in [5.41, 5.74) is 4.81. The first-order chi connectivity index (χ1) is 11.6. The summed E-state index contributed by atoms with van der Waals surface area (Å²) in [6, 6.07) is 7.17. The Morgan fingerprint density at radius 2 is 2.08 bits per heavy atom. The number of aromatic nitrogens is 3. The quantitative estimate of drug-likeness (QED) is 0.939. The van der Waals surface area contributed by atoms with Crippen molar-refractivity contribution in [1.29, 1.82) is 0 Å². The number of nitrogens with one attached hydrogen (secondary N) is 1. The highest BCUT2D eigenvalue weighted by Crippen LogP contribution is 2.39. The first kappa shape index (κ1) is 15.8. The Kier molecular flexibility index (Phi) is 4.14. The van der Waals surface area contributed by atoms with Crippen LogP contribution < -0.4 is 5.32 Å². The van der Waals surface area contributed by atoms with Crippen LogP contribution in [0.3, 0.4) is 0 Å². The molecule has 0 amide bonds. The Bertz CT molecular complexity index is 706. The van der Waals surface area contributed by atoms with E-state index < -0.39 is 0 Å². The van der Waals surface area contributed by atoms with Crippen LogP contribution in [0, 0.1) is 13.8 Å². The second-order valence-corrected chi connectivity index (χ2v) is 7.18. The molecule has 0 aromatic carbocycles. The molecule has 0 bridgehead atoms. The Hall–Kier alpha value is -1.72. The number of pyridine rings is 1. The van der Waals surface area contributed by atoms with E-state index in [0.29, 0.717) is 18.0 Å². The van der Waals surface area contributed by atoms with Crippen molar-refractivity contribution >= 4 is 0 Å². The lowest BCUT2D eigenvalue weighted by atomic mass is 9.77. The fourth-order valence-electron chi connectivity index (χ4n) is 4.16. The van der Waals surface area contributed by atoms with E-state index in [1.165, 1.54) is 29.8 Å². The van der Waals surface area contributed by atoms with Gasteiger partial charge >= 0.3 is 0 Å². The minimum Gasteiger partial charge on any atom is -0.372 e. The normalized spacial score (nSPS) is 29.6. The van der Waals surface area contributed by atoms with Crippen LogP contribution in [-0.2, 0) is 11.8 Å². The molecule has 0 spiro atoms. The van der Waals surface area contributed by atoms with Crippen LogP contribution in [0.15, 0.2) is 24.4 Å². The molecule has 1 N–H and O–H groups in total. The Morgan fingerprint density at radius 3 is 2.75 bits per heavy atom. The standard InChI is InChI=1S/C19H26N4O/c1-12-18(13(2)23(3)22-12)19-17(7-9-24-19)21-15-10-14(11-15)16-6-4-5-8-20-16/h4-6,8,14-15,17,19,21H,7,9-11H2,1-3H3/t14?,15?,17-,19-/m0/s1. The monoisotopic (exact) mass is 326 g/mol. The Balaban J connectivity index is 1.40. The van der Waals surface area contributed by atoms with Crippen LogP contribution in [0.4, 0.5) is 0 Å². The molecule has 0 unspecified atom stereocenters. The predicted octanol–water partition coefficient (Wildman–Crippen LogP) is 2.80. The molecule has 0 radical (unpaired) electrons. The van der Waals surface area contributed by atoms with Gasteiger partial charge in [-0.25, -0.2) is 0 Å². The molecule has 128 valence electrons. The van der Waals surface area contributed by atoms with Crippen molar-refractivity contribution in [1.82, 2.24) is 20.1 Å². The van der Waals surface area contributed by atoms with E-state index in [4.69, 9.17) is 4.74 Å². The van der Waals surface area contributed by atoms with Gasteiger partial charge < -0.3 is 10.1 Å². The van der Waals surface area contributed by atoms with Crippen molar-refractivity contribution in [2.45, 2.75) is 57.2 Å². The van der Waals surface area contributed by atoms with Gasteiger partial charge in [-0.1, -0.05) is 6.07 Å². The van der Waals surface area contributed by atoms with E-state index in [-0.39, 0.29) is 6.10 Å². The number of hydrogen-bond acceptors (Lipinski definition) is 4. The number of aryl methyl sites for hydroxylation is 2. The van der Waals surface area contributed by atoms with Crippen molar-refractivity contribution in [3.63, 3.8) is 0 Å². The van der Waals surface area contributed by atoms with Gasteiger partial charge in [-0.3, -0.25) is 9.67 Å². The summed E-state index contributed by atoms with van der Waals surface area (Å²) in [6.07, 6.45) is 5.44. The van der Waals surface area contributed by atoms with E-state index in [1.807, 2.05) is 24.0 Å². The zero-order valence-electron chi connectivity index (χ0n) is 14.7. The minimum atomic E-state index is 0.132. The minimum absolute atomic E-state index is 0.132. The molecular weight excluding hydrogens is 300 g/mol. The number of ether oxygens (including phenoxy) is 1. The molecule has 2 atom stereocenters. The second kappa shape index (κ2) is 6.30. The Morgan fingerprint density at radius 1 is 1.25 bits per heavy atom. The lowest BCUT2D eigenvalue weighted by molar-refractivity contribution is 0.0907. The SMILES string of the molecule is Cc1nn(C)c(C)c1[C@H]1OCC[C@@H]1NC1CC(c2ccccn2)C1. The summed E-state index contributed by atoms with van der Waals surface area (Å²) >= 11 is 0. The molecule has 1 saturated carbocycles. The zero-order valence-corrected chi connectivity index (χ0v) is 14.7. The summed E-state index contributed by atoms with van der Waals surface area (Å²) in [4.78, 5) is 4.49. The van der Waals surface area contributed by atoms with Crippen molar-refractivity contribution in [2.75, 3.05) is 6.61 Å². The molecule has 24 heavy (non-hydrogen) atoms. The van der Waals surface area contributed by atoms with E-state index in [2.05, 4.69) is 41.4 Å². The highest BCUT2D eigenvalue weighted by molar-refractivity contribution is 5.29. The lowest BCUT2D eigenvalue weighted by Crippen LogP contribution is -2.46. The maximum absolute atomic E-state index is 6.08. The maximum Gasteiger partial charge on any atom is 0.101 e. The van der Waals surface area contributed by atoms with E-state index >= 15 is 0 Å². The summed E-state index contributed by atoms with van der Waals surface area (Å²) in [7, 11) is 2.01. The van der Waals surface area contributed by atoms with Gasteiger partial charge in [0.2, 0.25) is 0 Å². The average Bonchev–Trinajstić information content (AvgIpc) is 3.08. The molecule has 1 aliphatic heterocycles. The third-order valence-corrected chi connectivity index (χ3v) is 5.64. The highest BCUT2D eigenvalue weighted by Gasteiger charge is 2.38. The second-order valence-electron chi connectivity index (χ2n) is 7.18. The molecule has 2 aliphatic rings. The fraction of sp³-hybridized carbons (Fsp3) is 0.579. The van der Waals surface area contributed by atoms with Crippen LogP contribution in [0.25, 0.3) is 0 Å². The molecule has 2 aromatic rings. The van der Waals surface area contributed by atoms with Gasteiger partial charge in [-0.2, -0.15) is 5.10 Å². The first-order valence-corrected chi connectivity index (χ1v) is 8.92. The number of hydrogen-bond donors (Lipinski definition) is 1. The third kappa shape index (κ3) is 2.76. The van der Waals surface area contributed by atoms with E-state index in [9.17, 15) is 0 Å². The zero-order chi connectivity index (χ0) is 16.7. The summed E-state index contributed by atoms with van der Waals surface area (Å²) in [5, 5.41) is 8.39. The summed E-state index contributed by atoms with van der Waals surface area (Å²) in [6.45, 7) is 5.04. The summed E-state index contributed by atoms with van der Waals surface area (Å²) in [5.74, 6) is 0.603. The molecule has 3 heterocycles. The smallest absolute Gasteiger partial charge is 0.101 e. The van der Waals surface area contributed by atoms with Crippen LogP contribution in [0.1, 0.15) is 53.9 Å². The largest absolute Gasteiger partial charge is 0.372 e. The molecular formula is C19H26N4O. The topological polar surface area (TPSA) is 52.0 Å². The number of rotatable bonds is 4. The first-order valence-electron chi connectivity index (χ1n) is 8.92. The maximum atomic E-state index is 6.08. The molecule has 4 rings (SSSR count). The van der Waals surface area contributed by atoms with Crippen LogP contribution in [-0.4, -0.2) is 33.5 Å². The average molecular weight is 326 g/mol. The number of nitrogens with zero attached hydrogens (tertiary/aromatic N) is 3. The van der Waals surface area contributed by atoms with Crippen molar-refractivity contribution in [3.8, 4) is 0 Å². The van der Waals surface area contributed by atoms with E-state index in [0.717, 1.165) is 18.7 Å². The van der Waals surface area contributed by atoms with Crippen LogP contribution >= 0.6 is 0 Å². The molecule has 2 aromatic heterocycles. The van der Waals surface area contributed by atoms with Gasteiger partial charge in [0.05, 0.1) is 5.69 Å². The lowest BCUT2D eigenvalue weighted by Gasteiger charge is -2.38. The molecule has 2 fully saturated rings. The van der Waals surface area contributed by atoms with Gasteiger partial charge in [0, 0.05) is 54.8 Å². The van der Waals surface area contributed by atoms with Crippen molar-refractivity contribution in [3.05, 3.63) is 47.0 Å². The van der Waals surface area contributed by atoms with Crippen LogP contribution in [0.2, 0.25) is 0 Å². The Labute approximate surface area is 143 Å². The molecule has 5 nitrogen and oxygen atoms in total. The fourth-order valence-corrected chi connectivity index (χ4v) is 4.16. The predicted molar refractivity (Wildman–Crippen MR) is 92.9 cm³/mol. The van der Waals surface area contributed by atoms with Crippen molar-refractivity contribution < 1.29 is 4.74 Å². The summed E-state index contributed by atoms with van der Waals surface area (Å²) < 4.78 is 8.04. The van der Waals surface area contributed by atoms with E-state index in [1.54, 1.807) is 0 Å². The van der Waals surface area contributed by atoms with Gasteiger partial charge in [0.25, 0.3) is 0 Å². The van der Waals surface area contributed by atoms with Gasteiger partial charge in [-0.15, -0.1) is 0 Å². The third-order valence-electron chi connectivity index (χ3n) is 5.64. The molecule has 1 aliphatic carbocycles. The molecule has 1 saturated heterocycles. The van der Waals surface area contributed by atoms with Gasteiger partial charge in [0.1, 0.15) is 6.10 Å². The highest BCUT2D eigenvalue weighted by atomic mass is 16.5. The van der Waals surface area contributed by atoms with Crippen LogP contribution in [0.5, 0.6) is 0 Å². The van der Waals surface area contributed by atoms with Crippen molar-refractivity contribution in [2.24, 2.45) is 7.05 Å². The molecule has 5 heteroatoms. The van der Waals surface area contributed by atoms with Gasteiger partial charge in [0.15, 0.2) is 0 Å². The van der Waals surface area contributed by atoms with Gasteiger partial charge in [-0.05, 0) is 45.2 Å².